The lowest BCUT2D eigenvalue weighted by molar-refractivity contribution is 0.102. The SMILES string of the molecule is N#Cc1ccc(-c2cnn(Cc3cccc(C(=O)Nc4nc5c(s4)CC(N4CCc6ccccc64)CC5)c3)c2)cc1. The predicted molar refractivity (Wildman–Crippen MR) is 161 cm³/mol. The van der Waals surface area contributed by atoms with Crippen LogP contribution in [0.2, 0.25) is 0 Å². The molecule has 0 saturated heterocycles. The highest BCUT2D eigenvalue weighted by molar-refractivity contribution is 7.15. The molecule has 3 heterocycles. The van der Waals surface area contributed by atoms with Crippen LogP contribution in [0.5, 0.6) is 0 Å². The number of thiazole rings is 1. The number of benzene rings is 3. The van der Waals surface area contributed by atoms with Crippen molar-refractivity contribution < 1.29 is 4.79 Å². The van der Waals surface area contributed by atoms with Gasteiger partial charge in [-0.1, -0.05) is 42.5 Å². The zero-order valence-electron chi connectivity index (χ0n) is 22.5. The first-order valence-corrected chi connectivity index (χ1v) is 14.7. The van der Waals surface area contributed by atoms with Crippen molar-refractivity contribution in [2.24, 2.45) is 0 Å². The molecular weight excluding hydrogens is 528 g/mol. The number of anilines is 2. The van der Waals surface area contributed by atoms with Gasteiger partial charge in [0.2, 0.25) is 0 Å². The number of rotatable bonds is 6. The first-order valence-electron chi connectivity index (χ1n) is 13.9. The average Bonchev–Trinajstić information content (AvgIpc) is 3.75. The van der Waals surface area contributed by atoms with E-state index in [1.807, 2.05) is 53.5 Å². The zero-order chi connectivity index (χ0) is 27.8. The third-order valence-electron chi connectivity index (χ3n) is 8.01. The Morgan fingerprint density at radius 1 is 1.05 bits per heavy atom. The molecule has 1 atom stereocenters. The van der Waals surface area contributed by atoms with Gasteiger partial charge in [-0.3, -0.25) is 14.8 Å². The summed E-state index contributed by atoms with van der Waals surface area (Å²) in [5.41, 5.74) is 8.14. The van der Waals surface area contributed by atoms with Crippen molar-refractivity contribution >= 4 is 28.1 Å². The topological polar surface area (TPSA) is 86.8 Å². The van der Waals surface area contributed by atoms with Gasteiger partial charge in [0.1, 0.15) is 0 Å². The molecule has 2 aliphatic rings. The fraction of sp³-hybridized carbons (Fsp3) is 0.212. The van der Waals surface area contributed by atoms with Crippen LogP contribution in [0.25, 0.3) is 11.1 Å². The quantitative estimate of drug-likeness (QED) is 0.273. The van der Waals surface area contributed by atoms with E-state index in [9.17, 15) is 4.79 Å². The summed E-state index contributed by atoms with van der Waals surface area (Å²) in [7, 11) is 0. The van der Waals surface area contributed by atoms with Gasteiger partial charge >= 0.3 is 0 Å². The molecule has 0 spiro atoms. The van der Waals surface area contributed by atoms with Crippen LogP contribution >= 0.6 is 11.3 Å². The Hall–Kier alpha value is -4.74. The summed E-state index contributed by atoms with van der Waals surface area (Å²) in [5, 5.41) is 17.2. The first kappa shape index (κ1) is 25.2. The van der Waals surface area contributed by atoms with Gasteiger partial charge in [0.05, 0.1) is 30.1 Å². The summed E-state index contributed by atoms with van der Waals surface area (Å²) >= 11 is 1.61. The molecule has 202 valence electrons. The second kappa shape index (κ2) is 10.7. The van der Waals surface area contributed by atoms with Gasteiger partial charge in [0.25, 0.3) is 5.91 Å². The van der Waals surface area contributed by atoms with E-state index >= 15 is 0 Å². The van der Waals surface area contributed by atoms with E-state index in [2.05, 4.69) is 45.7 Å². The van der Waals surface area contributed by atoms with Crippen molar-refractivity contribution in [1.82, 2.24) is 14.8 Å². The maximum absolute atomic E-state index is 13.2. The lowest BCUT2D eigenvalue weighted by Gasteiger charge is -2.32. The van der Waals surface area contributed by atoms with Gasteiger partial charge in [-0.05, 0) is 66.3 Å². The average molecular weight is 557 g/mol. The molecule has 5 aromatic rings. The fourth-order valence-corrected chi connectivity index (χ4v) is 7.00. The Balaban J connectivity index is 1.01. The maximum atomic E-state index is 13.2. The van der Waals surface area contributed by atoms with Gasteiger partial charge in [0, 0.05) is 46.9 Å². The van der Waals surface area contributed by atoms with E-state index in [-0.39, 0.29) is 5.91 Å². The number of nitrogens with zero attached hydrogens (tertiary/aromatic N) is 5. The maximum Gasteiger partial charge on any atom is 0.257 e. The van der Waals surface area contributed by atoms with Gasteiger partial charge in [-0.2, -0.15) is 10.4 Å². The molecule has 3 aromatic carbocycles. The third-order valence-corrected chi connectivity index (χ3v) is 9.05. The molecular formula is C33H28N6OS. The molecule has 2 aromatic heterocycles. The Kier molecular flexibility index (Phi) is 6.57. The summed E-state index contributed by atoms with van der Waals surface area (Å²) in [6, 6.07) is 26.5. The lowest BCUT2D eigenvalue weighted by Crippen LogP contribution is -2.37. The fourth-order valence-electron chi connectivity index (χ4n) is 5.92. The van der Waals surface area contributed by atoms with Crippen LogP contribution in [0.15, 0.2) is 85.2 Å². The molecule has 0 radical (unpaired) electrons. The Morgan fingerprint density at radius 2 is 1.93 bits per heavy atom. The smallest absolute Gasteiger partial charge is 0.257 e. The number of carbonyl (C=O) groups is 1. The van der Waals surface area contributed by atoms with Crippen molar-refractivity contribution in [3.05, 3.63) is 118 Å². The summed E-state index contributed by atoms with van der Waals surface area (Å²) in [5.74, 6) is -0.151. The van der Waals surface area contributed by atoms with E-state index in [0.29, 0.717) is 28.8 Å². The van der Waals surface area contributed by atoms with Crippen LogP contribution in [0, 0.1) is 11.3 Å². The number of fused-ring (bicyclic) bond motifs is 2. The molecule has 0 saturated carbocycles. The number of carbonyl (C=O) groups excluding carboxylic acids is 1. The Bertz CT molecular complexity index is 1780. The zero-order valence-corrected chi connectivity index (χ0v) is 23.3. The molecule has 0 fully saturated rings. The van der Waals surface area contributed by atoms with Crippen LogP contribution in [0.1, 0.15) is 44.0 Å². The molecule has 1 aliphatic carbocycles. The van der Waals surface area contributed by atoms with Crippen molar-refractivity contribution in [2.75, 3.05) is 16.8 Å². The number of hydrogen-bond acceptors (Lipinski definition) is 6. The van der Waals surface area contributed by atoms with Gasteiger partial charge in [-0.15, -0.1) is 11.3 Å². The second-order valence-electron chi connectivity index (χ2n) is 10.6. The standard InChI is InChI=1S/C33H28N6OS/c34-18-22-8-10-24(11-9-22)27-19-35-38(21-27)20-23-4-3-6-26(16-23)32(40)37-33-36-29-13-12-28(17-31(29)41-33)39-15-14-25-5-1-2-7-30(25)39/h1-11,16,19,21,28H,12-15,17,20H2,(H,36,37,40). The van der Waals surface area contributed by atoms with Crippen molar-refractivity contribution in [2.45, 2.75) is 38.3 Å². The van der Waals surface area contributed by atoms with E-state index in [0.717, 1.165) is 54.6 Å². The van der Waals surface area contributed by atoms with Crippen LogP contribution in [0.4, 0.5) is 10.8 Å². The third kappa shape index (κ3) is 5.12. The number of nitrogens with one attached hydrogen (secondary N) is 1. The molecule has 1 unspecified atom stereocenters. The summed E-state index contributed by atoms with van der Waals surface area (Å²) in [6.45, 7) is 1.62. The largest absolute Gasteiger partial charge is 0.368 e. The predicted octanol–water partition coefficient (Wildman–Crippen LogP) is 6.10. The number of aromatic nitrogens is 3. The summed E-state index contributed by atoms with van der Waals surface area (Å²) < 4.78 is 1.86. The minimum atomic E-state index is -0.151. The summed E-state index contributed by atoms with van der Waals surface area (Å²) in [6.07, 6.45) is 7.90. The molecule has 1 N–H and O–H groups in total. The number of aryl methyl sites for hydroxylation is 1. The van der Waals surface area contributed by atoms with Crippen molar-refractivity contribution in [1.29, 1.82) is 5.26 Å². The molecule has 8 heteroatoms. The summed E-state index contributed by atoms with van der Waals surface area (Å²) in [4.78, 5) is 21.8. The number of hydrogen-bond donors (Lipinski definition) is 1. The Labute approximate surface area is 242 Å². The molecule has 0 bridgehead atoms. The van der Waals surface area contributed by atoms with Crippen molar-refractivity contribution in [3.8, 4) is 17.2 Å². The minimum absolute atomic E-state index is 0.151. The van der Waals surface area contributed by atoms with E-state index < -0.39 is 0 Å². The van der Waals surface area contributed by atoms with Crippen LogP contribution in [-0.2, 0) is 25.8 Å². The van der Waals surface area contributed by atoms with Crippen LogP contribution < -0.4 is 10.2 Å². The minimum Gasteiger partial charge on any atom is -0.368 e. The van der Waals surface area contributed by atoms with E-state index in [1.165, 1.54) is 16.1 Å². The second-order valence-corrected chi connectivity index (χ2v) is 11.7. The highest BCUT2D eigenvalue weighted by Crippen LogP contribution is 2.36. The molecule has 41 heavy (non-hydrogen) atoms. The molecule has 1 amide bonds. The number of para-hydroxylation sites is 1. The number of amides is 1. The van der Waals surface area contributed by atoms with E-state index in [1.54, 1.807) is 23.5 Å². The highest BCUT2D eigenvalue weighted by atomic mass is 32.1. The van der Waals surface area contributed by atoms with Crippen LogP contribution in [-0.4, -0.2) is 33.3 Å². The first-order chi connectivity index (χ1) is 20.1. The highest BCUT2D eigenvalue weighted by Gasteiger charge is 2.31. The normalized spacial score (nSPS) is 15.7. The molecule has 7 nitrogen and oxygen atoms in total. The molecule has 7 rings (SSSR count). The van der Waals surface area contributed by atoms with Gasteiger partial charge in [0.15, 0.2) is 5.13 Å². The van der Waals surface area contributed by atoms with Crippen molar-refractivity contribution in [3.63, 3.8) is 0 Å². The lowest BCUT2D eigenvalue weighted by atomic mass is 9.96. The monoisotopic (exact) mass is 556 g/mol. The van der Waals surface area contributed by atoms with Gasteiger partial charge < -0.3 is 4.90 Å². The van der Waals surface area contributed by atoms with Crippen LogP contribution in [0.3, 0.4) is 0 Å². The molecule has 1 aliphatic heterocycles. The van der Waals surface area contributed by atoms with E-state index in [4.69, 9.17) is 10.2 Å². The number of nitriles is 1. The Morgan fingerprint density at radius 3 is 2.80 bits per heavy atom. The van der Waals surface area contributed by atoms with Gasteiger partial charge in [-0.25, -0.2) is 4.98 Å².